The van der Waals surface area contributed by atoms with Gasteiger partial charge >= 0.3 is 6.09 Å². The number of primary amides is 1. The number of halogens is 1. The summed E-state index contributed by atoms with van der Waals surface area (Å²) in [5.41, 5.74) is 20.2. The number of rotatable bonds is 5. The van der Waals surface area contributed by atoms with Crippen LogP contribution in [0, 0.1) is 5.82 Å². The van der Waals surface area contributed by atoms with Crippen molar-refractivity contribution in [1.82, 2.24) is 24.7 Å². The molecule has 162 valence electrons. The highest BCUT2D eigenvalue weighted by Gasteiger charge is 2.20. The molecular weight excluding hydrogens is 415 g/mol. The highest BCUT2D eigenvalue weighted by Crippen LogP contribution is 2.29. The first-order chi connectivity index (χ1) is 15.2. The molecule has 0 aliphatic carbocycles. The van der Waals surface area contributed by atoms with Crippen molar-refractivity contribution in [3.63, 3.8) is 0 Å². The van der Waals surface area contributed by atoms with Crippen LogP contribution in [-0.4, -0.2) is 30.8 Å². The minimum atomic E-state index is -1.10. The number of nitrogens with zero attached hydrogens (tertiary/aromatic N) is 5. The second-order valence-electron chi connectivity index (χ2n) is 7.02. The van der Waals surface area contributed by atoms with Gasteiger partial charge in [-0.2, -0.15) is 19.7 Å². The first kappa shape index (κ1) is 20.7. The number of anilines is 2. The average molecular weight is 434 g/mol. The van der Waals surface area contributed by atoms with Gasteiger partial charge in [0, 0.05) is 6.42 Å². The number of hydrogen-bond acceptors (Lipinski definition) is 8. The Morgan fingerprint density at radius 1 is 1.12 bits per heavy atom. The molecule has 0 unspecified atom stereocenters. The maximum atomic E-state index is 14.3. The van der Waals surface area contributed by atoms with E-state index in [1.807, 2.05) is 6.92 Å². The fraction of sp³-hybridized carbons (Fsp3) is 0.0952. The van der Waals surface area contributed by atoms with Crippen molar-refractivity contribution in [3.8, 4) is 11.7 Å². The van der Waals surface area contributed by atoms with Gasteiger partial charge < -0.3 is 21.9 Å². The van der Waals surface area contributed by atoms with E-state index in [0.29, 0.717) is 28.0 Å². The molecule has 4 aromatic rings. The van der Waals surface area contributed by atoms with Crippen LogP contribution in [0.2, 0.25) is 0 Å². The Hall–Kier alpha value is -4.54. The summed E-state index contributed by atoms with van der Waals surface area (Å²) in [5, 5.41) is 4.56. The number of pyridine rings is 1. The fourth-order valence-electron chi connectivity index (χ4n) is 3.16. The smallest absolute Gasteiger partial charge is 0.403 e. The normalized spacial score (nSPS) is 10.9. The summed E-state index contributed by atoms with van der Waals surface area (Å²) in [6.45, 7) is 5.75. The maximum absolute atomic E-state index is 14.3. The third-order valence-corrected chi connectivity index (χ3v) is 4.65. The Labute approximate surface area is 181 Å². The summed E-state index contributed by atoms with van der Waals surface area (Å²) in [6, 6.07) is 9.95. The van der Waals surface area contributed by atoms with Crippen molar-refractivity contribution >= 4 is 34.3 Å². The quantitative estimate of drug-likeness (QED) is 0.432. The number of allylic oxidation sites excluding steroid dienone is 1. The molecule has 4 rings (SSSR count). The molecule has 6 N–H and O–H groups in total. The number of nitrogens with two attached hydrogens (primary N) is 3. The van der Waals surface area contributed by atoms with Crippen LogP contribution in [0.1, 0.15) is 23.9 Å². The topological polar surface area (TPSA) is 161 Å². The Balaban J connectivity index is 1.90. The molecule has 10 nitrogen and oxygen atoms in total. The number of hydrogen-bond donors (Lipinski definition) is 3. The molecular formula is C21H19FN8O2. The summed E-state index contributed by atoms with van der Waals surface area (Å²) in [5.74, 6) is -0.975. The zero-order valence-corrected chi connectivity index (χ0v) is 17.0. The van der Waals surface area contributed by atoms with Crippen molar-refractivity contribution < 1.29 is 13.9 Å². The lowest BCUT2D eigenvalue weighted by Gasteiger charge is -2.09. The number of nitrogen functional groups attached to an aromatic ring is 2. The number of benzene rings is 1. The van der Waals surface area contributed by atoms with Gasteiger partial charge in [-0.05, 0) is 36.3 Å². The van der Waals surface area contributed by atoms with Crippen molar-refractivity contribution in [2.24, 2.45) is 5.73 Å². The van der Waals surface area contributed by atoms with Crippen LogP contribution in [0.5, 0.6) is 5.75 Å². The Morgan fingerprint density at radius 2 is 1.81 bits per heavy atom. The molecule has 0 radical (unpaired) electrons. The third-order valence-electron chi connectivity index (χ3n) is 4.65. The van der Waals surface area contributed by atoms with E-state index in [-0.39, 0.29) is 35.6 Å². The molecule has 1 aromatic carbocycles. The highest BCUT2D eigenvalue weighted by atomic mass is 19.1. The summed E-state index contributed by atoms with van der Waals surface area (Å²) < 4.78 is 20.4. The number of carbonyl (C=O) groups excluding carboxylic acids is 1. The minimum absolute atomic E-state index is 0.0199. The summed E-state index contributed by atoms with van der Waals surface area (Å²) >= 11 is 0. The van der Waals surface area contributed by atoms with Gasteiger partial charge in [-0.25, -0.2) is 14.2 Å². The standard InChI is InChI=1S/C21H19FN8O2/c1-10(2)13-7-8-15-16(26-13)14(9-11-5-3-4-6-12(11)22)29-30(15)21-27-18(23)17(19(24)28-21)32-20(25)31/h3-8H,1,9H2,2H3,(H2,25,31)(H4,23,24,27,28). The lowest BCUT2D eigenvalue weighted by Crippen LogP contribution is -2.19. The molecule has 0 saturated carbocycles. The molecule has 0 aliphatic heterocycles. The molecule has 1 amide bonds. The van der Waals surface area contributed by atoms with E-state index < -0.39 is 6.09 Å². The van der Waals surface area contributed by atoms with Crippen LogP contribution < -0.4 is 21.9 Å². The molecule has 0 bridgehead atoms. The lowest BCUT2D eigenvalue weighted by molar-refractivity contribution is 0.211. The van der Waals surface area contributed by atoms with E-state index in [4.69, 9.17) is 21.9 Å². The van der Waals surface area contributed by atoms with Gasteiger partial charge in [0.1, 0.15) is 11.3 Å². The molecule has 3 heterocycles. The van der Waals surface area contributed by atoms with E-state index in [1.165, 1.54) is 10.7 Å². The van der Waals surface area contributed by atoms with Gasteiger partial charge in [-0.15, -0.1) is 0 Å². The molecule has 0 saturated heterocycles. The predicted octanol–water partition coefficient (Wildman–Crippen LogP) is 2.60. The maximum Gasteiger partial charge on any atom is 0.410 e. The van der Waals surface area contributed by atoms with E-state index in [0.717, 1.165) is 5.57 Å². The van der Waals surface area contributed by atoms with Crippen LogP contribution in [0.3, 0.4) is 0 Å². The van der Waals surface area contributed by atoms with Gasteiger partial charge in [0.2, 0.25) is 5.75 Å². The summed E-state index contributed by atoms with van der Waals surface area (Å²) in [7, 11) is 0. The van der Waals surface area contributed by atoms with Crippen molar-refractivity contribution in [1.29, 1.82) is 0 Å². The number of carbonyl (C=O) groups is 1. The molecule has 32 heavy (non-hydrogen) atoms. The average Bonchev–Trinajstić information content (AvgIpc) is 3.10. The Morgan fingerprint density at radius 3 is 2.44 bits per heavy atom. The first-order valence-corrected chi connectivity index (χ1v) is 9.43. The largest absolute Gasteiger partial charge is 0.410 e. The molecule has 0 atom stereocenters. The zero-order chi connectivity index (χ0) is 23.0. The van der Waals surface area contributed by atoms with E-state index in [9.17, 15) is 9.18 Å². The van der Waals surface area contributed by atoms with Crippen molar-refractivity contribution in [2.75, 3.05) is 11.5 Å². The van der Waals surface area contributed by atoms with Gasteiger partial charge in [-0.1, -0.05) is 24.8 Å². The predicted molar refractivity (Wildman–Crippen MR) is 117 cm³/mol. The van der Waals surface area contributed by atoms with Gasteiger partial charge in [0.05, 0.1) is 16.9 Å². The van der Waals surface area contributed by atoms with Crippen LogP contribution in [0.25, 0.3) is 22.6 Å². The van der Waals surface area contributed by atoms with Gasteiger partial charge in [0.15, 0.2) is 11.6 Å². The third kappa shape index (κ3) is 3.78. The molecule has 11 heteroatoms. The van der Waals surface area contributed by atoms with Crippen LogP contribution in [-0.2, 0) is 6.42 Å². The molecule has 0 fully saturated rings. The highest BCUT2D eigenvalue weighted by molar-refractivity contribution is 5.82. The first-order valence-electron chi connectivity index (χ1n) is 9.43. The Bertz CT molecular complexity index is 1360. The summed E-state index contributed by atoms with van der Waals surface area (Å²) in [6.07, 6.45) is -0.926. The van der Waals surface area contributed by atoms with E-state index in [2.05, 4.69) is 26.6 Å². The monoisotopic (exact) mass is 434 g/mol. The summed E-state index contributed by atoms with van der Waals surface area (Å²) in [4.78, 5) is 24.0. The molecule has 3 aromatic heterocycles. The number of ether oxygens (including phenoxy) is 1. The number of aromatic nitrogens is 5. The van der Waals surface area contributed by atoms with E-state index in [1.54, 1.807) is 30.3 Å². The fourth-order valence-corrected chi connectivity index (χ4v) is 3.16. The second kappa shape index (κ2) is 7.95. The van der Waals surface area contributed by atoms with Crippen molar-refractivity contribution in [3.05, 3.63) is 65.7 Å². The molecule has 0 aliphatic rings. The minimum Gasteiger partial charge on any atom is -0.403 e. The van der Waals surface area contributed by atoms with Crippen molar-refractivity contribution in [2.45, 2.75) is 13.3 Å². The van der Waals surface area contributed by atoms with Crippen LogP contribution in [0.4, 0.5) is 20.8 Å². The second-order valence-corrected chi connectivity index (χ2v) is 7.02. The van der Waals surface area contributed by atoms with Crippen LogP contribution >= 0.6 is 0 Å². The van der Waals surface area contributed by atoms with Crippen LogP contribution in [0.15, 0.2) is 43.0 Å². The van der Waals surface area contributed by atoms with E-state index >= 15 is 0 Å². The number of fused-ring (bicyclic) bond motifs is 1. The molecule has 0 spiro atoms. The zero-order valence-electron chi connectivity index (χ0n) is 17.0. The van der Waals surface area contributed by atoms with Gasteiger partial charge in [0.25, 0.3) is 5.95 Å². The Kier molecular flexibility index (Phi) is 5.15. The number of amides is 1. The lowest BCUT2D eigenvalue weighted by atomic mass is 10.1. The van der Waals surface area contributed by atoms with Gasteiger partial charge in [-0.3, -0.25) is 0 Å². The SMILES string of the molecule is C=C(C)c1ccc2c(n1)c(Cc1ccccc1F)nn2-c1nc(N)c(OC(N)=O)c(N)n1.